The summed E-state index contributed by atoms with van der Waals surface area (Å²) in [7, 11) is 0. The molecule has 3 rings (SSSR count). The van der Waals surface area contributed by atoms with Gasteiger partial charge in [-0.15, -0.1) is 0 Å². The molecule has 17 atom stereocenters. The summed E-state index contributed by atoms with van der Waals surface area (Å²) >= 11 is 0. The van der Waals surface area contributed by atoms with Crippen molar-refractivity contribution in [2.45, 2.75) is 144 Å². The number of carbonyl (C=O) groups excluding carboxylic acids is 1. The zero-order valence-corrected chi connectivity index (χ0v) is 27.4. The Hall–Kier alpha value is -1.47. The van der Waals surface area contributed by atoms with Crippen LogP contribution in [0.25, 0.3) is 0 Å². The van der Waals surface area contributed by atoms with Crippen molar-refractivity contribution in [2.24, 2.45) is 0 Å². The minimum atomic E-state index is -1.97. The molecule has 49 heavy (non-hydrogen) atoms. The molecule has 12 N–H and O–H groups in total. The molecular weight excluding hydrogens is 662 g/mol. The molecule has 3 heterocycles. The molecule has 19 nitrogen and oxygen atoms in total. The van der Waals surface area contributed by atoms with Gasteiger partial charge in [0.15, 0.2) is 18.9 Å². The third-order valence-corrected chi connectivity index (χ3v) is 8.54. The summed E-state index contributed by atoms with van der Waals surface area (Å²) in [5.74, 6) is -0.346. The molecule has 286 valence electrons. The third-order valence-electron chi connectivity index (χ3n) is 8.54. The van der Waals surface area contributed by atoms with Gasteiger partial charge in [-0.25, -0.2) is 0 Å². The van der Waals surface area contributed by atoms with Gasteiger partial charge in [0.25, 0.3) is 0 Å². The van der Waals surface area contributed by atoms with Crippen LogP contribution in [0.2, 0.25) is 0 Å². The Morgan fingerprint density at radius 2 is 1.18 bits per heavy atom. The van der Waals surface area contributed by atoms with Crippen LogP contribution in [0.3, 0.4) is 0 Å². The average Bonchev–Trinajstić information content (AvgIpc) is 3.08. The highest BCUT2D eigenvalue weighted by Gasteiger charge is 2.53. The lowest BCUT2D eigenvalue weighted by atomic mass is 9.96. The fraction of sp³-hybridized carbons (Fsp3) is 0.900. The van der Waals surface area contributed by atoms with E-state index in [2.05, 4.69) is 5.32 Å². The lowest BCUT2D eigenvalue weighted by Crippen LogP contribution is -2.66. The van der Waals surface area contributed by atoms with Crippen LogP contribution in [0.4, 0.5) is 0 Å². The monoisotopic (exact) mass is 715 g/mol. The smallest absolute Gasteiger partial charge is 0.220 e. The average molecular weight is 716 g/mol. The highest BCUT2D eigenvalue weighted by atomic mass is 16.8. The summed E-state index contributed by atoms with van der Waals surface area (Å²) < 4.78 is 33.3. The molecule has 3 fully saturated rings. The van der Waals surface area contributed by atoms with Crippen molar-refractivity contribution < 1.29 is 89.4 Å². The molecule has 0 radical (unpaired) electrons. The summed E-state index contributed by atoms with van der Waals surface area (Å²) in [5, 5.41) is 117. The number of unbranched alkanes of at least 4 members (excludes halogenated alkanes) is 1. The Morgan fingerprint density at radius 1 is 0.694 bits per heavy atom. The van der Waals surface area contributed by atoms with Gasteiger partial charge in [-0.3, -0.25) is 4.79 Å². The number of allylic oxidation sites excluding steroid dienone is 1. The first-order chi connectivity index (χ1) is 23.3. The molecule has 3 aliphatic rings. The molecule has 0 saturated carbocycles. The zero-order chi connectivity index (χ0) is 36.4. The van der Waals surface area contributed by atoms with Gasteiger partial charge in [0.05, 0.1) is 38.6 Å². The summed E-state index contributed by atoms with van der Waals surface area (Å²) in [6.45, 7) is 0.978. The molecule has 19 heteroatoms. The topological polar surface area (TPSA) is 307 Å². The maximum atomic E-state index is 12.3. The van der Waals surface area contributed by atoms with Gasteiger partial charge in [0, 0.05) is 6.42 Å². The second-order valence-electron chi connectivity index (χ2n) is 12.3. The Labute approximate surface area is 283 Å². The number of carbonyl (C=O) groups is 1. The van der Waals surface area contributed by atoms with Crippen molar-refractivity contribution in [3.63, 3.8) is 0 Å². The van der Waals surface area contributed by atoms with Gasteiger partial charge in [0.2, 0.25) is 5.91 Å². The van der Waals surface area contributed by atoms with E-state index in [4.69, 9.17) is 28.4 Å². The van der Waals surface area contributed by atoms with Gasteiger partial charge in [-0.1, -0.05) is 32.4 Å². The molecule has 0 aromatic rings. The van der Waals surface area contributed by atoms with E-state index in [1.807, 2.05) is 13.8 Å². The van der Waals surface area contributed by atoms with Crippen LogP contribution in [-0.2, 0) is 33.2 Å². The van der Waals surface area contributed by atoms with E-state index in [0.717, 1.165) is 6.42 Å². The molecule has 0 bridgehead atoms. The second-order valence-corrected chi connectivity index (χ2v) is 12.3. The molecule has 1 amide bonds. The number of aliphatic hydroxyl groups is 11. The van der Waals surface area contributed by atoms with Crippen LogP contribution < -0.4 is 5.32 Å². The van der Waals surface area contributed by atoms with Gasteiger partial charge in [-0.05, 0) is 12.8 Å². The van der Waals surface area contributed by atoms with Gasteiger partial charge >= 0.3 is 0 Å². The standard InChI is InChI=1S/C30H53NO18/c1-3-5-6-8-14(35)13(31-18(36)7-4-2)12-44-28-24(42)21(39)26(16(10-33)46-28)49-30-25(43)22(40)27(17(11-34)47-30)48-29-23(41)20(38)19(37)15(9-32)45-29/h6,8,13-17,19-30,32-35,37-43H,3-5,7,9-12H2,1-2H3,(H,31,36)/b8-6+. The Bertz CT molecular complexity index is 1000. The van der Waals surface area contributed by atoms with Crippen molar-refractivity contribution in [1.29, 1.82) is 0 Å². The number of nitrogens with one attached hydrogen (secondary N) is 1. The molecule has 3 saturated heterocycles. The Morgan fingerprint density at radius 3 is 1.69 bits per heavy atom. The van der Waals surface area contributed by atoms with E-state index in [1.54, 1.807) is 6.08 Å². The van der Waals surface area contributed by atoms with Crippen LogP contribution in [0.1, 0.15) is 39.5 Å². The van der Waals surface area contributed by atoms with Crippen LogP contribution in [0.5, 0.6) is 0 Å². The van der Waals surface area contributed by atoms with Gasteiger partial charge in [0.1, 0.15) is 73.2 Å². The minimum Gasteiger partial charge on any atom is -0.394 e. The number of ether oxygens (including phenoxy) is 6. The number of aliphatic hydroxyl groups excluding tert-OH is 11. The van der Waals surface area contributed by atoms with Crippen molar-refractivity contribution in [2.75, 3.05) is 26.4 Å². The van der Waals surface area contributed by atoms with E-state index >= 15 is 0 Å². The highest BCUT2D eigenvalue weighted by molar-refractivity contribution is 5.76. The SMILES string of the molecule is CCC/C=C/C(O)C(COC1OC(CO)C(OC2OC(CO)C(OC3OC(CO)C(O)C(O)C3O)C(O)C2O)C(O)C1O)NC(=O)CCC. The molecule has 0 spiro atoms. The first-order valence-corrected chi connectivity index (χ1v) is 16.4. The van der Waals surface area contributed by atoms with E-state index in [0.29, 0.717) is 12.8 Å². The van der Waals surface area contributed by atoms with Gasteiger partial charge in [-0.2, -0.15) is 0 Å². The fourth-order valence-electron chi connectivity index (χ4n) is 5.65. The third kappa shape index (κ3) is 10.5. The number of hydrogen-bond acceptors (Lipinski definition) is 18. The van der Waals surface area contributed by atoms with Gasteiger partial charge < -0.3 is 89.9 Å². The van der Waals surface area contributed by atoms with Crippen LogP contribution >= 0.6 is 0 Å². The number of rotatable bonds is 17. The van der Waals surface area contributed by atoms with Crippen LogP contribution in [0, 0.1) is 0 Å². The molecule has 3 aliphatic heterocycles. The number of amides is 1. The Kier molecular flexibility index (Phi) is 17.1. The normalized spacial score (nSPS) is 41.4. The van der Waals surface area contributed by atoms with Crippen molar-refractivity contribution in [3.8, 4) is 0 Å². The fourth-order valence-corrected chi connectivity index (χ4v) is 5.65. The van der Waals surface area contributed by atoms with E-state index in [-0.39, 0.29) is 18.9 Å². The van der Waals surface area contributed by atoms with Crippen molar-refractivity contribution in [3.05, 3.63) is 12.2 Å². The Balaban J connectivity index is 1.67. The zero-order valence-electron chi connectivity index (χ0n) is 27.4. The van der Waals surface area contributed by atoms with E-state index in [1.165, 1.54) is 6.08 Å². The molecule has 17 unspecified atom stereocenters. The first-order valence-electron chi connectivity index (χ1n) is 16.4. The van der Waals surface area contributed by atoms with E-state index < -0.39 is 124 Å². The molecule has 0 aromatic heterocycles. The quantitative estimate of drug-likeness (QED) is 0.0625. The predicted octanol–water partition coefficient (Wildman–Crippen LogP) is -5.55. The summed E-state index contributed by atoms with van der Waals surface area (Å²) in [6.07, 6.45) is -21.2. The molecule has 0 aromatic carbocycles. The number of hydrogen-bond donors (Lipinski definition) is 12. The van der Waals surface area contributed by atoms with Crippen molar-refractivity contribution >= 4 is 5.91 Å². The van der Waals surface area contributed by atoms with Crippen molar-refractivity contribution in [1.82, 2.24) is 5.32 Å². The summed E-state index contributed by atoms with van der Waals surface area (Å²) in [6, 6.07) is -0.956. The van der Waals surface area contributed by atoms with E-state index in [9.17, 15) is 61.0 Å². The maximum absolute atomic E-state index is 12.3. The largest absolute Gasteiger partial charge is 0.394 e. The summed E-state index contributed by atoms with van der Waals surface area (Å²) in [5.41, 5.74) is 0. The predicted molar refractivity (Wildman–Crippen MR) is 162 cm³/mol. The maximum Gasteiger partial charge on any atom is 0.220 e. The highest BCUT2D eigenvalue weighted by Crippen LogP contribution is 2.32. The molecule has 0 aliphatic carbocycles. The van der Waals surface area contributed by atoms with Crippen LogP contribution in [-0.4, -0.2) is 193 Å². The summed E-state index contributed by atoms with van der Waals surface area (Å²) in [4.78, 5) is 12.3. The lowest BCUT2D eigenvalue weighted by Gasteiger charge is -2.48. The lowest BCUT2D eigenvalue weighted by molar-refractivity contribution is -0.379. The van der Waals surface area contributed by atoms with Crippen LogP contribution in [0.15, 0.2) is 12.2 Å². The first kappa shape index (κ1) is 41.9. The molecular formula is C30H53NO18. The minimum absolute atomic E-state index is 0.191. The second kappa shape index (κ2) is 20.0.